The van der Waals surface area contributed by atoms with E-state index in [-0.39, 0.29) is 12.4 Å². The van der Waals surface area contributed by atoms with E-state index in [0.717, 1.165) is 28.3 Å². The van der Waals surface area contributed by atoms with Gasteiger partial charge in [-0.25, -0.2) is 14.4 Å². The Hall–Kier alpha value is -2.09. The summed E-state index contributed by atoms with van der Waals surface area (Å²) in [7, 11) is 0. The number of benzene rings is 1. The molecule has 0 aliphatic carbocycles. The van der Waals surface area contributed by atoms with Crippen LogP contribution in [0.2, 0.25) is 0 Å². The summed E-state index contributed by atoms with van der Waals surface area (Å²) in [6.07, 6.45) is 1.46. The number of halogens is 1. The number of ether oxygens (including phenoxy) is 1. The molecule has 1 aliphatic heterocycles. The first-order valence-corrected chi connectivity index (χ1v) is 8.55. The maximum absolute atomic E-state index is 14.3. The summed E-state index contributed by atoms with van der Waals surface area (Å²) in [6, 6.07) is 6.60. The van der Waals surface area contributed by atoms with Gasteiger partial charge in [0.1, 0.15) is 12.1 Å². The SMILES string of the molecule is OCc1ccc(F)c(-c2ncnc3cc(N4CCOCC4)sc23)c1. The van der Waals surface area contributed by atoms with E-state index in [2.05, 4.69) is 14.9 Å². The Balaban J connectivity index is 1.83. The standard InChI is InChI=1S/C17H16FN3O2S/c18-13-2-1-11(9-22)7-12(13)16-17-14(19-10-20-16)8-15(24-17)21-3-5-23-6-4-21/h1-2,7-8,10,22H,3-6,9H2. The zero-order chi connectivity index (χ0) is 16.5. The highest BCUT2D eigenvalue weighted by Gasteiger charge is 2.18. The average molecular weight is 345 g/mol. The topological polar surface area (TPSA) is 58.5 Å². The Morgan fingerprint density at radius 1 is 1.21 bits per heavy atom. The van der Waals surface area contributed by atoms with Crippen LogP contribution in [0.5, 0.6) is 0 Å². The summed E-state index contributed by atoms with van der Waals surface area (Å²) in [5.41, 5.74) is 2.42. The molecule has 124 valence electrons. The molecule has 1 aromatic carbocycles. The zero-order valence-electron chi connectivity index (χ0n) is 12.9. The molecule has 24 heavy (non-hydrogen) atoms. The van der Waals surface area contributed by atoms with Crippen molar-refractivity contribution < 1.29 is 14.2 Å². The quantitative estimate of drug-likeness (QED) is 0.791. The number of aliphatic hydroxyl groups excluding tert-OH is 1. The lowest BCUT2D eigenvalue weighted by molar-refractivity contribution is 0.123. The molecule has 7 heteroatoms. The number of hydrogen-bond acceptors (Lipinski definition) is 6. The van der Waals surface area contributed by atoms with Gasteiger partial charge in [0.15, 0.2) is 0 Å². The predicted octanol–water partition coefficient (Wildman–Crippen LogP) is 2.83. The van der Waals surface area contributed by atoms with E-state index in [1.807, 2.05) is 6.07 Å². The minimum atomic E-state index is -0.353. The summed E-state index contributed by atoms with van der Waals surface area (Å²) >= 11 is 1.56. The lowest BCUT2D eigenvalue weighted by Gasteiger charge is -2.27. The van der Waals surface area contributed by atoms with Gasteiger partial charge in [-0.15, -0.1) is 11.3 Å². The first kappa shape index (κ1) is 15.4. The minimum absolute atomic E-state index is 0.134. The third kappa shape index (κ3) is 2.75. The van der Waals surface area contributed by atoms with Crippen molar-refractivity contribution in [3.63, 3.8) is 0 Å². The first-order valence-electron chi connectivity index (χ1n) is 7.73. The Morgan fingerprint density at radius 3 is 2.83 bits per heavy atom. The Labute approximate surface area is 142 Å². The van der Waals surface area contributed by atoms with Crippen LogP contribution in [0.4, 0.5) is 9.39 Å². The van der Waals surface area contributed by atoms with Gasteiger partial charge in [-0.3, -0.25) is 0 Å². The van der Waals surface area contributed by atoms with Gasteiger partial charge in [0.05, 0.1) is 40.7 Å². The highest BCUT2D eigenvalue weighted by atomic mass is 32.1. The van der Waals surface area contributed by atoms with Crippen LogP contribution in [-0.2, 0) is 11.3 Å². The van der Waals surface area contributed by atoms with Crippen molar-refractivity contribution in [1.82, 2.24) is 9.97 Å². The van der Waals surface area contributed by atoms with Crippen LogP contribution in [0.1, 0.15) is 5.56 Å². The van der Waals surface area contributed by atoms with Crippen LogP contribution in [0.15, 0.2) is 30.6 Å². The van der Waals surface area contributed by atoms with Crippen LogP contribution in [0.25, 0.3) is 21.5 Å². The molecule has 1 fully saturated rings. The van der Waals surface area contributed by atoms with Crippen molar-refractivity contribution in [1.29, 1.82) is 0 Å². The van der Waals surface area contributed by atoms with Gasteiger partial charge < -0.3 is 14.7 Å². The van der Waals surface area contributed by atoms with E-state index < -0.39 is 0 Å². The molecule has 0 spiro atoms. The van der Waals surface area contributed by atoms with Crippen molar-refractivity contribution in [3.05, 3.63) is 42.0 Å². The lowest BCUT2D eigenvalue weighted by Crippen LogP contribution is -2.35. The van der Waals surface area contributed by atoms with Gasteiger partial charge in [0, 0.05) is 18.7 Å². The number of rotatable bonds is 3. The largest absolute Gasteiger partial charge is 0.392 e. The molecule has 1 aliphatic rings. The molecule has 3 aromatic rings. The summed E-state index contributed by atoms with van der Waals surface area (Å²) in [6.45, 7) is 2.96. The van der Waals surface area contributed by atoms with Gasteiger partial charge in [-0.05, 0) is 23.8 Å². The van der Waals surface area contributed by atoms with Gasteiger partial charge in [0.25, 0.3) is 0 Å². The van der Waals surface area contributed by atoms with Crippen molar-refractivity contribution in [2.24, 2.45) is 0 Å². The Bertz CT molecular complexity index is 877. The molecule has 2 aromatic heterocycles. The molecule has 0 amide bonds. The van der Waals surface area contributed by atoms with E-state index in [9.17, 15) is 9.50 Å². The molecule has 3 heterocycles. The number of morpholine rings is 1. The number of anilines is 1. The molecule has 0 unspecified atom stereocenters. The summed E-state index contributed by atoms with van der Waals surface area (Å²) in [5, 5.41) is 10.4. The van der Waals surface area contributed by atoms with Crippen LogP contribution in [0, 0.1) is 5.82 Å². The molecule has 4 rings (SSSR count). The maximum Gasteiger partial charge on any atom is 0.132 e. The fraction of sp³-hybridized carbons (Fsp3) is 0.294. The van der Waals surface area contributed by atoms with Crippen LogP contribution < -0.4 is 4.90 Å². The molecular formula is C17H16FN3O2S. The Morgan fingerprint density at radius 2 is 2.04 bits per heavy atom. The summed E-state index contributed by atoms with van der Waals surface area (Å²) < 4.78 is 20.6. The summed E-state index contributed by atoms with van der Waals surface area (Å²) in [4.78, 5) is 10.9. The number of aromatic nitrogens is 2. The highest BCUT2D eigenvalue weighted by molar-refractivity contribution is 7.23. The first-order chi connectivity index (χ1) is 11.8. The third-order valence-electron chi connectivity index (χ3n) is 4.09. The molecule has 1 N–H and O–H groups in total. The van der Waals surface area contributed by atoms with Crippen LogP contribution >= 0.6 is 11.3 Å². The Kier molecular flexibility index (Phi) is 4.13. The minimum Gasteiger partial charge on any atom is -0.392 e. The number of fused-ring (bicyclic) bond motifs is 1. The fourth-order valence-electron chi connectivity index (χ4n) is 2.83. The van der Waals surface area contributed by atoms with Crippen molar-refractivity contribution in [3.8, 4) is 11.3 Å². The molecule has 5 nitrogen and oxygen atoms in total. The number of aliphatic hydroxyl groups is 1. The second-order valence-corrected chi connectivity index (χ2v) is 6.62. The smallest absolute Gasteiger partial charge is 0.132 e. The monoisotopic (exact) mass is 345 g/mol. The van der Waals surface area contributed by atoms with Gasteiger partial charge in [-0.1, -0.05) is 6.07 Å². The maximum atomic E-state index is 14.3. The average Bonchev–Trinajstić information content (AvgIpc) is 3.07. The second kappa shape index (κ2) is 6.43. The van der Waals surface area contributed by atoms with Crippen molar-refractivity contribution >= 4 is 26.6 Å². The van der Waals surface area contributed by atoms with Gasteiger partial charge >= 0.3 is 0 Å². The van der Waals surface area contributed by atoms with Gasteiger partial charge in [0.2, 0.25) is 0 Å². The van der Waals surface area contributed by atoms with E-state index in [4.69, 9.17) is 4.74 Å². The molecule has 0 radical (unpaired) electrons. The van der Waals surface area contributed by atoms with E-state index in [0.29, 0.717) is 30.0 Å². The van der Waals surface area contributed by atoms with Gasteiger partial charge in [-0.2, -0.15) is 0 Å². The van der Waals surface area contributed by atoms with Crippen molar-refractivity contribution in [2.75, 3.05) is 31.2 Å². The highest BCUT2D eigenvalue weighted by Crippen LogP contribution is 2.37. The lowest BCUT2D eigenvalue weighted by atomic mass is 10.1. The number of thiophene rings is 1. The molecule has 0 bridgehead atoms. The van der Waals surface area contributed by atoms with E-state index >= 15 is 0 Å². The predicted molar refractivity (Wildman–Crippen MR) is 91.8 cm³/mol. The normalized spacial score (nSPS) is 15.2. The van der Waals surface area contributed by atoms with Crippen molar-refractivity contribution in [2.45, 2.75) is 6.61 Å². The third-order valence-corrected chi connectivity index (χ3v) is 5.28. The number of nitrogens with zero attached hydrogens (tertiary/aromatic N) is 3. The molecule has 0 saturated carbocycles. The van der Waals surface area contributed by atoms with Crippen LogP contribution in [0.3, 0.4) is 0 Å². The molecule has 1 saturated heterocycles. The fourth-order valence-corrected chi connectivity index (χ4v) is 3.99. The second-order valence-electron chi connectivity index (χ2n) is 5.59. The van der Waals surface area contributed by atoms with E-state index in [1.54, 1.807) is 23.5 Å². The van der Waals surface area contributed by atoms with E-state index in [1.165, 1.54) is 12.4 Å². The molecule has 0 atom stereocenters. The zero-order valence-corrected chi connectivity index (χ0v) is 13.7. The number of hydrogen-bond donors (Lipinski definition) is 1. The molecular weight excluding hydrogens is 329 g/mol. The summed E-state index contributed by atoms with van der Waals surface area (Å²) in [5.74, 6) is -0.353. The van der Waals surface area contributed by atoms with Crippen LogP contribution in [-0.4, -0.2) is 41.4 Å².